The van der Waals surface area contributed by atoms with Crippen LogP contribution in [0.3, 0.4) is 0 Å². The van der Waals surface area contributed by atoms with Gasteiger partial charge in [-0.05, 0) is 76.4 Å². The maximum absolute atomic E-state index is 15.5. The van der Waals surface area contributed by atoms with E-state index in [0.717, 1.165) is 33.4 Å². The summed E-state index contributed by atoms with van der Waals surface area (Å²) >= 11 is 0. The number of esters is 3. The van der Waals surface area contributed by atoms with Crippen molar-refractivity contribution < 1.29 is 55.7 Å². The van der Waals surface area contributed by atoms with Gasteiger partial charge < -0.3 is 24.3 Å². The number of ether oxygens (including phenoxy) is 4. The molecule has 10 nitrogen and oxygen atoms in total. The van der Waals surface area contributed by atoms with Gasteiger partial charge in [0.1, 0.15) is 24.9 Å². The van der Waals surface area contributed by atoms with Crippen LogP contribution in [-0.2, 0) is 45.5 Å². The van der Waals surface area contributed by atoms with Crippen molar-refractivity contribution in [2.24, 2.45) is 5.92 Å². The Balaban J connectivity index is 1.24. The number of halogens is 4. The lowest BCUT2D eigenvalue weighted by molar-refractivity contribution is -0.185. The first-order chi connectivity index (χ1) is 33.5. The van der Waals surface area contributed by atoms with Crippen LogP contribution in [0.5, 0.6) is 0 Å². The molecule has 0 radical (unpaired) electrons. The van der Waals surface area contributed by atoms with Crippen LogP contribution in [-0.4, -0.2) is 78.2 Å². The Hall–Kier alpha value is -7.32. The number of nitrogens with zero attached hydrogens (tertiary/aromatic N) is 1. The van der Waals surface area contributed by atoms with Crippen LogP contribution in [0.15, 0.2) is 158 Å². The van der Waals surface area contributed by atoms with E-state index in [0.29, 0.717) is 22.3 Å². The number of carbonyl (C=O) groups excluding carboxylic acids is 4. The topological polar surface area (TPSA) is 120 Å². The van der Waals surface area contributed by atoms with Crippen LogP contribution in [0.2, 0.25) is 0 Å². The van der Waals surface area contributed by atoms with Gasteiger partial charge in [-0.15, -0.1) is 0 Å². The number of hydrogen-bond acceptors (Lipinski definition) is 9. The van der Waals surface area contributed by atoms with E-state index in [-0.39, 0.29) is 13.2 Å². The average Bonchev–Trinajstić information content (AvgIpc) is 3.96. The second-order valence-electron chi connectivity index (χ2n) is 18.8. The fraction of sp³-hybridized carbons (Fsp3) is 0.286. The van der Waals surface area contributed by atoms with Gasteiger partial charge in [0.05, 0.1) is 12.0 Å². The molecule has 0 spiro atoms. The van der Waals surface area contributed by atoms with Crippen LogP contribution in [0.25, 0.3) is 22.3 Å². The van der Waals surface area contributed by atoms with Crippen molar-refractivity contribution in [2.45, 2.75) is 74.8 Å². The third-order valence-electron chi connectivity index (χ3n) is 13.3. The number of likely N-dealkylation sites (tertiary alicyclic amines) is 1. The largest absolute Gasteiger partial charge is 0.460 e. The van der Waals surface area contributed by atoms with E-state index in [2.05, 4.69) is 5.32 Å². The Labute approximate surface area is 402 Å². The predicted molar refractivity (Wildman–Crippen MR) is 252 cm³/mol. The lowest BCUT2D eigenvalue weighted by Gasteiger charge is -2.44. The van der Waals surface area contributed by atoms with Gasteiger partial charge in [-0.3, -0.25) is 14.5 Å². The van der Waals surface area contributed by atoms with Crippen molar-refractivity contribution in [3.8, 4) is 22.3 Å². The molecule has 3 aliphatic rings. The Morgan fingerprint density at radius 3 is 1.74 bits per heavy atom. The Kier molecular flexibility index (Phi) is 12.9. The van der Waals surface area contributed by atoms with Gasteiger partial charge in [0.15, 0.2) is 12.1 Å². The molecule has 0 unspecified atom stereocenters. The summed E-state index contributed by atoms with van der Waals surface area (Å²) in [5, 5.41) is 2.65. The van der Waals surface area contributed by atoms with Gasteiger partial charge in [-0.1, -0.05) is 158 Å². The highest BCUT2D eigenvalue weighted by Crippen LogP contribution is 2.58. The molecule has 3 atom stereocenters. The summed E-state index contributed by atoms with van der Waals surface area (Å²) in [4.78, 5) is 61.5. The molecule has 1 amide bonds. The summed E-state index contributed by atoms with van der Waals surface area (Å²) in [5.74, 6) is -10.6. The summed E-state index contributed by atoms with van der Waals surface area (Å²) in [7, 11) is 0. The molecule has 1 heterocycles. The summed E-state index contributed by atoms with van der Waals surface area (Å²) < 4.78 is 80.7. The van der Waals surface area contributed by atoms with Gasteiger partial charge >= 0.3 is 36.3 Å². The molecule has 6 aromatic carbocycles. The molecule has 2 aliphatic carbocycles. The quantitative estimate of drug-likeness (QED) is 0.0646. The van der Waals surface area contributed by atoms with E-state index in [4.69, 9.17) is 18.9 Å². The highest BCUT2D eigenvalue weighted by molar-refractivity contribution is 5.93. The maximum atomic E-state index is 15.5. The molecular formula is C56H50F4N2O8. The van der Waals surface area contributed by atoms with Crippen LogP contribution < -0.4 is 5.32 Å². The Bertz CT molecular complexity index is 2840. The summed E-state index contributed by atoms with van der Waals surface area (Å²) in [6.45, 7) is 1.45. The van der Waals surface area contributed by atoms with Crippen molar-refractivity contribution in [3.63, 3.8) is 0 Å². The summed E-state index contributed by atoms with van der Waals surface area (Å²) in [5.41, 5.74) is 2.18. The highest BCUT2D eigenvalue weighted by Gasteiger charge is 2.68. The summed E-state index contributed by atoms with van der Waals surface area (Å²) in [6, 6.07) is 46.1. The minimum Gasteiger partial charge on any atom is -0.460 e. The molecule has 6 aromatic rings. The lowest BCUT2D eigenvalue weighted by Crippen LogP contribution is -2.62. The van der Waals surface area contributed by atoms with Crippen LogP contribution in [0, 0.1) is 5.92 Å². The molecular weight excluding hydrogens is 905 g/mol. The fourth-order valence-electron chi connectivity index (χ4n) is 10.5. The minimum atomic E-state index is -4.83. The van der Waals surface area contributed by atoms with E-state index in [9.17, 15) is 27.2 Å². The number of hydrogen-bond donors (Lipinski definition) is 1. The monoisotopic (exact) mass is 954 g/mol. The minimum absolute atomic E-state index is 0.271. The van der Waals surface area contributed by atoms with Gasteiger partial charge in [0.25, 0.3) is 0 Å². The number of rotatable bonds is 14. The Morgan fingerprint density at radius 2 is 1.19 bits per heavy atom. The second-order valence-corrected chi connectivity index (χ2v) is 18.8. The van der Waals surface area contributed by atoms with Crippen LogP contribution >= 0.6 is 0 Å². The molecule has 0 aromatic heterocycles. The van der Waals surface area contributed by atoms with Crippen LogP contribution in [0.1, 0.15) is 66.5 Å². The van der Waals surface area contributed by atoms with E-state index in [1.165, 1.54) is 0 Å². The zero-order valence-corrected chi connectivity index (χ0v) is 38.6. The zero-order chi connectivity index (χ0) is 49.4. The van der Waals surface area contributed by atoms with Gasteiger partial charge in [-0.2, -0.15) is 8.78 Å². The van der Waals surface area contributed by atoms with E-state index >= 15 is 9.59 Å². The SMILES string of the molecule is CC(C)(C)OC(=O)C[C@H]1[C@@H](C(=O)OCc2ccccc2)N(C2(c3ccccc3)c3ccccc3-c3ccccc32)C[C@@]1(NC(=O)OCC1c2ccccc2-c2ccccc21)C(=O)OCC(F)(F)C(F)F. The van der Waals surface area contributed by atoms with E-state index < -0.39 is 90.5 Å². The first-order valence-electron chi connectivity index (χ1n) is 23.0. The normalized spacial score (nSPS) is 19.1. The average molecular weight is 955 g/mol. The molecule has 9 rings (SSSR count). The third-order valence-corrected chi connectivity index (χ3v) is 13.3. The van der Waals surface area contributed by atoms with Gasteiger partial charge in [0.2, 0.25) is 0 Å². The van der Waals surface area contributed by atoms with Gasteiger partial charge in [-0.25, -0.2) is 18.4 Å². The van der Waals surface area contributed by atoms with Crippen LogP contribution in [0.4, 0.5) is 22.4 Å². The highest BCUT2D eigenvalue weighted by atomic mass is 19.3. The second kappa shape index (κ2) is 18.9. The van der Waals surface area contributed by atoms with E-state index in [1.54, 1.807) is 74.2 Å². The maximum Gasteiger partial charge on any atom is 0.408 e. The Morgan fingerprint density at radius 1 is 0.671 bits per heavy atom. The first-order valence-corrected chi connectivity index (χ1v) is 23.0. The standard InChI is InChI=1S/C56H50F4N2O8/c1-53(2,3)70-47(63)30-46-48(49(64)67-31-35-18-6-4-7-19-35)62(56(36-20-8-5-9-21-36)44-28-16-14-26-41(44)42-27-15-17-29-45(42)56)33-54(46,51(65)69-34-55(59,60)50(57)58)61-52(66)68-32-43-39-24-12-10-22-37(39)38-23-11-13-25-40(38)43/h4-29,43,46,48,50H,30-34H2,1-3H3,(H,61,66)/t46-,48-,54-/m0/s1. The number of carbonyl (C=O) groups is 4. The van der Waals surface area contributed by atoms with Crippen molar-refractivity contribution in [1.82, 2.24) is 10.2 Å². The molecule has 0 saturated carbocycles. The molecule has 70 heavy (non-hydrogen) atoms. The van der Waals surface area contributed by atoms with Gasteiger partial charge in [0, 0.05) is 18.4 Å². The lowest BCUT2D eigenvalue weighted by atomic mass is 9.77. The zero-order valence-electron chi connectivity index (χ0n) is 38.6. The number of alkyl carbamates (subject to hydrolysis) is 1. The molecule has 360 valence electrons. The molecule has 1 N–H and O–H groups in total. The number of benzene rings is 6. The number of nitrogens with one attached hydrogen (secondary N) is 1. The van der Waals surface area contributed by atoms with Crippen molar-refractivity contribution in [1.29, 1.82) is 0 Å². The number of fused-ring (bicyclic) bond motifs is 6. The summed E-state index contributed by atoms with van der Waals surface area (Å²) in [6.07, 6.45) is -6.29. The molecule has 1 aliphatic heterocycles. The first kappa shape index (κ1) is 47.7. The molecule has 1 fully saturated rings. The predicted octanol–water partition coefficient (Wildman–Crippen LogP) is 10.5. The van der Waals surface area contributed by atoms with Crippen molar-refractivity contribution in [3.05, 3.63) is 191 Å². The van der Waals surface area contributed by atoms with Crippen molar-refractivity contribution >= 4 is 24.0 Å². The number of alkyl halides is 4. The molecule has 1 saturated heterocycles. The van der Waals surface area contributed by atoms with Crippen molar-refractivity contribution in [2.75, 3.05) is 19.8 Å². The fourth-order valence-corrected chi connectivity index (χ4v) is 10.5. The smallest absolute Gasteiger partial charge is 0.408 e. The third kappa shape index (κ3) is 8.69. The molecule has 14 heteroatoms. The number of amides is 1. The van der Waals surface area contributed by atoms with E-state index in [1.807, 2.05) is 109 Å². The molecule has 0 bridgehead atoms.